The summed E-state index contributed by atoms with van der Waals surface area (Å²) in [7, 11) is 0. The SMILES string of the molecule is CC(C)(C)c1ccccc1NC(=O)C(=O)N1CCCC(O)C1. The van der Waals surface area contributed by atoms with Crippen LogP contribution in [-0.2, 0) is 15.0 Å². The molecule has 1 atom stereocenters. The number of carbonyl (C=O) groups is 2. The molecule has 2 amide bonds. The van der Waals surface area contributed by atoms with Crippen molar-refractivity contribution in [3.05, 3.63) is 29.8 Å². The topological polar surface area (TPSA) is 69.6 Å². The van der Waals surface area contributed by atoms with Crippen molar-refractivity contribution in [2.75, 3.05) is 18.4 Å². The zero-order valence-corrected chi connectivity index (χ0v) is 13.4. The van der Waals surface area contributed by atoms with Gasteiger partial charge < -0.3 is 15.3 Å². The molecule has 0 bridgehead atoms. The van der Waals surface area contributed by atoms with Crippen LogP contribution in [0, 0.1) is 0 Å². The first-order valence-corrected chi connectivity index (χ1v) is 7.67. The molecule has 0 saturated carbocycles. The maximum Gasteiger partial charge on any atom is 0.313 e. The van der Waals surface area contributed by atoms with Gasteiger partial charge in [0, 0.05) is 18.8 Å². The lowest BCUT2D eigenvalue weighted by molar-refractivity contribution is -0.145. The zero-order chi connectivity index (χ0) is 16.3. The van der Waals surface area contributed by atoms with E-state index in [0.717, 1.165) is 12.0 Å². The van der Waals surface area contributed by atoms with Gasteiger partial charge in [0.15, 0.2) is 0 Å². The van der Waals surface area contributed by atoms with Crippen LogP contribution in [-0.4, -0.2) is 41.0 Å². The molecular weight excluding hydrogens is 280 g/mol. The lowest BCUT2D eigenvalue weighted by Gasteiger charge is -2.29. The second-order valence-electron chi connectivity index (χ2n) is 6.80. The van der Waals surface area contributed by atoms with Crippen molar-refractivity contribution in [2.24, 2.45) is 0 Å². The minimum atomic E-state index is -0.647. The van der Waals surface area contributed by atoms with Crippen molar-refractivity contribution < 1.29 is 14.7 Å². The molecule has 1 aromatic rings. The molecular formula is C17H24N2O3. The highest BCUT2D eigenvalue weighted by molar-refractivity contribution is 6.39. The van der Waals surface area contributed by atoms with E-state index in [1.807, 2.05) is 18.2 Å². The first-order valence-electron chi connectivity index (χ1n) is 7.67. The smallest absolute Gasteiger partial charge is 0.313 e. The third kappa shape index (κ3) is 3.85. The minimum Gasteiger partial charge on any atom is -0.391 e. The number of benzene rings is 1. The number of piperidine rings is 1. The Hall–Kier alpha value is -1.88. The standard InChI is InChI=1S/C17H24N2O3/c1-17(2,3)13-8-4-5-9-14(13)18-15(21)16(22)19-10-6-7-12(20)11-19/h4-5,8-9,12,20H,6-7,10-11H2,1-3H3,(H,18,21). The number of β-amino-alcohol motifs (C(OH)–C–C–N with tert-alkyl or cyclic N) is 1. The number of rotatable bonds is 1. The summed E-state index contributed by atoms with van der Waals surface area (Å²) in [4.78, 5) is 25.8. The summed E-state index contributed by atoms with van der Waals surface area (Å²) >= 11 is 0. The van der Waals surface area contributed by atoms with Gasteiger partial charge in [-0.15, -0.1) is 0 Å². The summed E-state index contributed by atoms with van der Waals surface area (Å²) in [5.74, 6) is -1.23. The van der Waals surface area contributed by atoms with Gasteiger partial charge in [-0.3, -0.25) is 9.59 Å². The van der Waals surface area contributed by atoms with Gasteiger partial charge >= 0.3 is 11.8 Å². The monoisotopic (exact) mass is 304 g/mol. The molecule has 0 aromatic heterocycles. The summed E-state index contributed by atoms with van der Waals surface area (Å²) in [6, 6.07) is 7.50. The Morgan fingerprint density at radius 3 is 2.59 bits per heavy atom. The van der Waals surface area contributed by atoms with Crippen LogP contribution in [0.5, 0.6) is 0 Å². The molecule has 1 saturated heterocycles. The molecule has 1 heterocycles. The average Bonchev–Trinajstić information content (AvgIpc) is 2.46. The van der Waals surface area contributed by atoms with Crippen LogP contribution in [0.25, 0.3) is 0 Å². The predicted octanol–water partition coefficient (Wildman–Crippen LogP) is 1.91. The van der Waals surface area contributed by atoms with E-state index < -0.39 is 17.9 Å². The summed E-state index contributed by atoms with van der Waals surface area (Å²) < 4.78 is 0. The van der Waals surface area contributed by atoms with E-state index in [9.17, 15) is 14.7 Å². The van der Waals surface area contributed by atoms with Gasteiger partial charge in [-0.25, -0.2) is 0 Å². The Kier molecular flexibility index (Phi) is 4.86. The van der Waals surface area contributed by atoms with Gasteiger partial charge in [0.1, 0.15) is 0 Å². The van der Waals surface area contributed by atoms with E-state index in [4.69, 9.17) is 0 Å². The maximum absolute atomic E-state index is 12.2. The van der Waals surface area contributed by atoms with Crippen LogP contribution in [0.3, 0.4) is 0 Å². The van der Waals surface area contributed by atoms with E-state index in [0.29, 0.717) is 18.7 Å². The molecule has 2 rings (SSSR count). The molecule has 0 spiro atoms. The fourth-order valence-electron chi connectivity index (χ4n) is 2.70. The van der Waals surface area contributed by atoms with Crippen LogP contribution in [0.15, 0.2) is 24.3 Å². The second kappa shape index (κ2) is 6.48. The maximum atomic E-state index is 12.2. The highest BCUT2D eigenvalue weighted by Gasteiger charge is 2.28. The summed E-state index contributed by atoms with van der Waals surface area (Å²) in [5.41, 5.74) is 1.51. The third-order valence-corrected chi connectivity index (χ3v) is 3.86. The highest BCUT2D eigenvalue weighted by atomic mass is 16.3. The number of hydrogen-bond acceptors (Lipinski definition) is 3. The van der Waals surface area contributed by atoms with E-state index in [-0.39, 0.29) is 12.0 Å². The molecule has 0 aliphatic carbocycles. The molecule has 5 heteroatoms. The van der Waals surface area contributed by atoms with E-state index in [1.54, 1.807) is 6.07 Å². The van der Waals surface area contributed by atoms with Crippen LogP contribution in [0.2, 0.25) is 0 Å². The van der Waals surface area contributed by atoms with Gasteiger partial charge in [0.2, 0.25) is 0 Å². The van der Waals surface area contributed by atoms with Gasteiger partial charge in [-0.05, 0) is 29.9 Å². The molecule has 1 aliphatic rings. The number of nitrogens with one attached hydrogen (secondary N) is 1. The Morgan fingerprint density at radius 1 is 1.27 bits per heavy atom. The van der Waals surface area contributed by atoms with E-state index >= 15 is 0 Å². The van der Waals surface area contributed by atoms with Crippen LogP contribution in [0.1, 0.15) is 39.2 Å². The molecule has 2 N–H and O–H groups in total. The predicted molar refractivity (Wildman–Crippen MR) is 85.6 cm³/mol. The van der Waals surface area contributed by atoms with Crippen molar-refractivity contribution in [1.82, 2.24) is 4.90 Å². The molecule has 1 unspecified atom stereocenters. The van der Waals surface area contributed by atoms with Gasteiger partial charge in [0.05, 0.1) is 6.10 Å². The first kappa shape index (κ1) is 16.5. The number of amides is 2. The van der Waals surface area contributed by atoms with Gasteiger partial charge in [0.25, 0.3) is 0 Å². The number of nitrogens with zero attached hydrogens (tertiary/aromatic N) is 1. The molecule has 1 fully saturated rings. The molecule has 120 valence electrons. The van der Waals surface area contributed by atoms with Crippen molar-refractivity contribution in [2.45, 2.75) is 45.1 Å². The van der Waals surface area contributed by atoms with Crippen molar-refractivity contribution in [3.63, 3.8) is 0 Å². The van der Waals surface area contributed by atoms with E-state index in [2.05, 4.69) is 26.1 Å². The molecule has 0 radical (unpaired) electrons. The lowest BCUT2D eigenvalue weighted by Crippen LogP contribution is -2.46. The van der Waals surface area contributed by atoms with Crippen molar-refractivity contribution in [1.29, 1.82) is 0 Å². The third-order valence-electron chi connectivity index (χ3n) is 3.86. The Morgan fingerprint density at radius 2 is 1.95 bits per heavy atom. The van der Waals surface area contributed by atoms with Crippen molar-refractivity contribution >= 4 is 17.5 Å². The number of para-hydroxylation sites is 1. The number of carbonyl (C=O) groups excluding carboxylic acids is 2. The molecule has 1 aliphatic heterocycles. The molecule has 5 nitrogen and oxygen atoms in total. The number of aliphatic hydroxyl groups is 1. The number of anilines is 1. The van der Waals surface area contributed by atoms with Gasteiger partial charge in [-0.2, -0.15) is 0 Å². The van der Waals surface area contributed by atoms with E-state index in [1.165, 1.54) is 4.90 Å². The van der Waals surface area contributed by atoms with Crippen LogP contribution in [0.4, 0.5) is 5.69 Å². The summed E-state index contributed by atoms with van der Waals surface area (Å²) in [6.45, 7) is 6.92. The van der Waals surface area contributed by atoms with Gasteiger partial charge in [-0.1, -0.05) is 39.0 Å². The average molecular weight is 304 g/mol. The lowest BCUT2D eigenvalue weighted by atomic mass is 9.86. The number of likely N-dealkylation sites (tertiary alicyclic amines) is 1. The Bertz CT molecular complexity index is 563. The van der Waals surface area contributed by atoms with Crippen LogP contribution < -0.4 is 5.32 Å². The highest BCUT2D eigenvalue weighted by Crippen LogP contribution is 2.29. The quantitative estimate of drug-likeness (QED) is 0.779. The number of hydrogen-bond donors (Lipinski definition) is 2. The van der Waals surface area contributed by atoms with Crippen LogP contribution >= 0.6 is 0 Å². The Balaban J connectivity index is 2.11. The number of aliphatic hydroxyl groups excluding tert-OH is 1. The first-order chi connectivity index (χ1) is 10.3. The Labute approximate surface area is 131 Å². The normalized spacial score (nSPS) is 18.9. The zero-order valence-electron chi connectivity index (χ0n) is 13.4. The fraction of sp³-hybridized carbons (Fsp3) is 0.529. The van der Waals surface area contributed by atoms with Crippen molar-refractivity contribution in [3.8, 4) is 0 Å². The fourth-order valence-corrected chi connectivity index (χ4v) is 2.70. The largest absolute Gasteiger partial charge is 0.391 e. The minimum absolute atomic E-state index is 0.131. The molecule has 1 aromatic carbocycles. The second-order valence-corrected chi connectivity index (χ2v) is 6.80. The molecule has 22 heavy (non-hydrogen) atoms. The summed E-state index contributed by atoms with van der Waals surface area (Å²) in [6.07, 6.45) is 0.865. The summed E-state index contributed by atoms with van der Waals surface area (Å²) in [5, 5.41) is 12.3.